The maximum atomic E-state index is 6.27. The number of benzene rings is 1. The van der Waals surface area contributed by atoms with Gasteiger partial charge in [-0.2, -0.15) is 0 Å². The van der Waals surface area contributed by atoms with Gasteiger partial charge < -0.3 is 28.4 Å². The van der Waals surface area contributed by atoms with Crippen molar-refractivity contribution in [3.8, 4) is 0 Å². The Labute approximate surface area is 162 Å². The highest BCUT2D eigenvalue weighted by Gasteiger charge is 2.58. The fourth-order valence-corrected chi connectivity index (χ4v) is 4.07. The molecule has 7 heteroatoms. The fraction of sp³-hybridized carbons (Fsp3) is 0.684. The van der Waals surface area contributed by atoms with Crippen LogP contribution in [0.1, 0.15) is 33.3 Å². The molecule has 0 radical (unpaired) electrons. The monoisotopic (exact) mass is 428 g/mol. The molecule has 0 bridgehead atoms. The first kappa shape index (κ1) is 18.8. The molecule has 3 aliphatic rings. The highest BCUT2D eigenvalue weighted by atomic mass is 79.9. The smallest absolute Gasteiger partial charge is 0.190 e. The average Bonchev–Trinajstić information content (AvgIpc) is 3.16. The van der Waals surface area contributed by atoms with Gasteiger partial charge in [-0.15, -0.1) is 0 Å². The molecular formula is C19H25BrO6. The van der Waals surface area contributed by atoms with E-state index in [1.165, 1.54) is 0 Å². The largest absolute Gasteiger partial charge is 0.368 e. The second-order valence-corrected chi connectivity index (χ2v) is 8.66. The Morgan fingerprint density at radius 2 is 1.81 bits per heavy atom. The van der Waals surface area contributed by atoms with Gasteiger partial charge in [0.15, 0.2) is 17.9 Å². The normalized spacial score (nSPS) is 37.8. The van der Waals surface area contributed by atoms with Crippen molar-refractivity contribution >= 4 is 15.9 Å². The molecule has 3 saturated heterocycles. The van der Waals surface area contributed by atoms with Crippen molar-refractivity contribution < 1.29 is 28.4 Å². The number of fused-ring (bicyclic) bond motifs is 1. The van der Waals surface area contributed by atoms with E-state index in [1.807, 2.05) is 52.0 Å². The molecule has 4 rings (SSSR count). The number of ether oxygens (including phenoxy) is 6. The van der Waals surface area contributed by atoms with Gasteiger partial charge in [0.2, 0.25) is 0 Å². The van der Waals surface area contributed by atoms with Crippen LogP contribution in [0.5, 0.6) is 0 Å². The summed E-state index contributed by atoms with van der Waals surface area (Å²) in [7, 11) is 0. The standard InChI is InChI=1S/C19H25BrO6/c1-18(2)22-10-13(24-18)14-15(16-17(23-14)26-19(3,4)25-16)21-9-11-7-5-6-8-12(11)20/h5-8,13-17H,9-10H2,1-4H3/t13-,14-,15+,16-,17-/m1/s1. The van der Waals surface area contributed by atoms with Crippen LogP contribution in [-0.2, 0) is 35.0 Å². The second kappa shape index (κ2) is 6.81. The summed E-state index contributed by atoms with van der Waals surface area (Å²) in [5, 5.41) is 0. The molecule has 1 aromatic carbocycles. The van der Waals surface area contributed by atoms with Gasteiger partial charge in [0.05, 0.1) is 13.2 Å². The molecule has 0 saturated carbocycles. The van der Waals surface area contributed by atoms with Crippen LogP contribution in [0, 0.1) is 0 Å². The Morgan fingerprint density at radius 1 is 1.04 bits per heavy atom. The predicted molar refractivity (Wildman–Crippen MR) is 96.3 cm³/mol. The lowest BCUT2D eigenvalue weighted by atomic mass is 10.1. The van der Waals surface area contributed by atoms with E-state index in [0.717, 1.165) is 10.0 Å². The zero-order valence-electron chi connectivity index (χ0n) is 15.4. The Kier molecular flexibility index (Phi) is 4.93. The van der Waals surface area contributed by atoms with Gasteiger partial charge in [0.1, 0.15) is 24.4 Å². The molecule has 0 aromatic heterocycles. The average molecular weight is 429 g/mol. The van der Waals surface area contributed by atoms with Crippen LogP contribution in [0.25, 0.3) is 0 Å². The topological polar surface area (TPSA) is 55.4 Å². The molecular weight excluding hydrogens is 404 g/mol. The van der Waals surface area contributed by atoms with Crippen LogP contribution in [0.4, 0.5) is 0 Å². The highest BCUT2D eigenvalue weighted by molar-refractivity contribution is 9.10. The molecule has 0 amide bonds. The van der Waals surface area contributed by atoms with Gasteiger partial charge in [-0.05, 0) is 39.3 Å². The number of hydrogen-bond donors (Lipinski definition) is 0. The van der Waals surface area contributed by atoms with Crippen LogP contribution >= 0.6 is 15.9 Å². The summed E-state index contributed by atoms with van der Waals surface area (Å²) in [5.74, 6) is -1.32. The maximum Gasteiger partial charge on any atom is 0.190 e. The molecule has 3 aliphatic heterocycles. The zero-order valence-corrected chi connectivity index (χ0v) is 17.0. The summed E-state index contributed by atoms with van der Waals surface area (Å²) in [5.41, 5.74) is 1.07. The van der Waals surface area contributed by atoms with Crippen LogP contribution in [0.15, 0.2) is 28.7 Å². The van der Waals surface area contributed by atoms with Crippen molar-refractivity contribution in [3.05, 3.63) is 34.3 Å². The van der Waals surface area contributed by atoms with E-state index in [4.69, 9.17) is 28.4 Å². The van der Waals surface area contributed by atoms with Gasteiger partial charge in [0.25, 0.3) is 0 Å². The Hall–Kier alpha value is -0.540. The Morgan fingerprint density at radius 3 is 2.50 bits per heavy atom. The molecule has 1 aromatic rings. The first-order valence-electron chi connectivity index (χ1n) is 8.92. The maximum absolute atomic E-state index is 6.27. The molecule has 0 N–H and O–H groups in total. The van der Waals surface area contributed by atoms with Gasteiger partial charge in [-0.1, -0.05) is 34.1 Å². The molecule has 0 spiro atoms. The lowest BCUT2D eigenvalue weighted by Crippen LogP contribution is -2.44. The van der Waals surface area contributed by atoms with E-state index in [1.54, 1.807) is 0 Å². The van der Waals surface area contributed by atoms with E-state index in [2.05, 4.69) is 15.9 Å². The number of hydrogen-bond acceptors (Lipinski definition) is 6. The first-order valence-corrected chi connectivity index (χ1v) is 9.71. The summed E-state index contributed by atoms with van der Waals surface area (Å²) in [6.07, 6.45) is -1.62. The Balaban J connectivity index is 1.51. The SMILES string of the molecule is CC1(C)O[C@H]2O[C@H]([C@H]3COC(C)(C)O3)[C@H](OCc3ccccc3Br)[C@H]2O1. The number of rotatable bonds is 4. The van der Waals surface area contributed by atoms with Gasteiger partial charge in [-0.25, -0.2) is 0 Å². The van der Waals surface area contributed by atoms with E-state index in [0.29, 0.717) is 13.2 Å². The lowest BCUT2D eigenvalue weighted by Gasteiger charge is -2.29. The van der Waals surface area contributed by atoms with E-state index < -0.39 is 17.9 Å². The van der Waals surface area contributed by atoms with Gasteiger partial charge in [0, 0.05) is 4.47 Å². The first-order chi connectivity index (χ1) is 12.2. The summed E-state index contributed by atoms with van der Waals surface area (Å²) in [6.45, 7) is 8.45. The molecule has 144 valence electrons. The summed E-state index contributed by atoms with van der Waals surface area (Å²) >= 11 is 3.56. The minimum Gasteiger partial charge on any atom is -0.368 e. The molecule has 3 heterocycles. The van der Waals surface area contributed by atoms with E-state index in [9.17, 15) is 0 Å². The molecule has 3 fully saturated rings. The number of halogens is 1. The quantitative estimate of drug-likeness (QED) is 0.732. The van der Waals surface area contributed by atoms with Crippen LogP contribution in [0.2, 0.25) is 0 Å². The van der Waals surface area contributed by atoms with Crippen molar-refractivity contribution in [2.45, 2.75) is 76.6 Å². The summed E-state index contributed by atoms with van der Waals surface area (Å²) in [6, 6.07) is 8.00. The molecule has 0 aliphatic carbocycles. The van der Waals surface area contributed by atoms with Crippen LogP contribution < -0.4 is 0 Å². The van der Waals surface area contributed by atoms with Gasteiger partial charge >= 0.3 is 0 Å². The lowest BCUT2D eigenvalue weighted by molar-refractivity contribution is -0.236. The van der Waals surface area contributed by atoms with E-state index in [-0.39, 0.29) is 24.4 Å². The van der Waals surface area contributed by atoms with Crippen LogP contribution in [-0.4, -0.2) is 48.9 Å². The van der Waals surface area contributed by atoms with Crippen molar-refractivity contribution in [2.75, 3.05) is 6.61 Å². The minimum absolute atomic E-state index is 0.227. The molecule has 5 atom stereocenters. The van der Waals surface area contributed by atoms with Crippen molar-refractivity contribution in [1.82, 2.24) is 0 Å². The molecule has 0 unspecified atom stereocenters. The fourth-order valence-electron chi connectivity index (χ4n) is 3.67. The molecule has 6 nitrogen and oxygen atoms in total. The third kappa shape index (κ3) is 3.71. The van der Waals surface area contributed by atoms with Crippen LogP contribution in [0.3, 0.4) is 0 Å². The predicted octanol–water partition coefficient (Wildman–Crippen LogP) is 3.36. The van der Waals surface area contributed by atoms with E-state index >= 15 is 0 Å². The van der Waals surface area contributed by atoms with Crippen molar-refractivity contribution in [3.63, 3.8) is 0 Å². The highest BCUT2D eigenvalue weighted by Crippen LogP contribution is 2.42. The summed E-state index contributed by atoms with van der Waals surface area (Å²) < 4.78 is 37.1. The summed E-state index contributed by atoms with van der Waals surface area (Å²) in [4.78, 5) is 0. The van der Waals surface area contributed by atoms with Gasteiger partial charge in [-0.3, -0.25) is 0 Å². The Bertz CT molecular complexity index is 663. The zero-order chi connectivity index (χ0) is 18.5. The van der Waals surface area contributed by atoms with Crippen molar-refractivity contribution in [1.29, 1.82) is 0 Å². The third-order valence-electron chi connectivity index (χ3n) is 4.81. The molecule has 26 heavy (non-hydrogen) atoms. The minimum atomic E-state index is -0.693. The third-order valence-corrected chi connectivity index (χ3v) is 5.59. The second-order valence-electron chi connectivity index (χ2n) is 7.80. The van der Waals surface area contributed by atoms with Crippen molar-refractivity contribution in [2.24, 2.45) is 0 Å².